The van der Waals surface area contributed by atoms with Crippen molar-refractivity contribution in [2.24, 2.45) is 0 Å². The number of para-hydroxylation sites is 1. The quantitative estimate of drug-likeness (QED) is 0.547. The molecule has 0 aliphatic rings. The largest absolute Gasteiger partial charge is 0.290 e. The number of aromatic nitrogens is 2. The lowest BCUT2D eigenvalue weighted by molar-refractivity contribution is 1.26. The van der Waals surface area contributed by atoms with Crippen molar-refractivity contribution in [2.45, 2.75) is 13.8 Å². The molecule has 3 aromatic rings. The van der Waals surface area contributed by atoms with Crippen molar-refractivity contribution >= 4 is 26.5 Å². The molecule has 0 unspecified atom stereocenters. The third-order valence-electron chi connectivity index (χ3n) is 2.44. The maximum Gasteiger partial charge on any atom is 0.194 e. The van der Waals surface area contributed by atoms with Crippen LogP contribution >= 0.6 is 11.3 Å². The molecule has 2 aromatic heterocycles. The van der Waals surface area contributed by atoms with Crippen LogP contribution in [0.5, 0.6) is 0 Å². The van der Waals surface area contributed by atoms with Gasteiger partial charge in [-0.1, -0.05) is 23.5 Å². The number of benzene rings is 1. The van der Waals surface area contributed by atoms with Gasteiger partial charge in [0.15, 0.2) is 4.96 Å². The average molecular weight is 202 g/mol. The van der Waals surface area contributed by atoms with Crippen LogP contribution in [0, 0.1) is 13.8 Å². The summed E-state index contributed by atoms with van der Waals surface area (Å²) in [6.07, 6.45) is 2.10. The Labute approximate surface area is 85.8 Å². The summed E-state index contributed by atoms with van der Waals surface area (Å²) in [5, 5.41) is 0. The second-order valence-electron chi connectivity index (χ2n) is 3.56. The van der Waals surface area contributed by atoms with Gasteiger partial charge in [0, 0.05) is 6.20 Å². The van der Waals surface area contributed by atoms with E-state index in [1.54, 1.807) is 11.3 Å². The average Bonchev–Trinajstić information content (AvgIpc) is 2.60. The number of hydrogen-bond donors (Lipinski definition) is 0. The summed E-state index contributed by atoms with van der Waals surface area (Å²) in [6, 6.07) is 6.39. The van der Waals surface area contributed by atoms with Gasteiger partial charge < -0.3 is 0 Å². The summed E-state index contributed by atoms with van der Waals surface area (Å²) >= 11 is 1.75. The zero-order valence-corrected chi connectivity index (χ0v) is 8.93. The smallest absolute Gasteiger partial charge is 0.194 e. The van der Waals surface area contributed by atoms with Gasteiger partial charge in [-0.15, -0.1) is 0 Å². The Morgan fingerprint density at radius 3 is 3.00 bits per heavy atom. The lowest BCUT2D eigenvalue weighted by atomic mass is 10.2. The SMILES string of the molecule is Cc1cn2c(n1)sc1cccc(C)c12. The molecule has 0 spiro atoms. The van der Waals surface area contributed by atoms with Crippen molar-refractivity contribution in [1.29, 1.82) is 0 Å². The van der Waals surface area contributed by atoms with E-state index in [1.165, 1.54) is 15.8 Å². The van der Waals surface area contributed by atoms with Crippen molar-refractivity contribution < 1.29 is 0 Å². The predicted octanol–water partition coefficient (Wildman–Crippen LogP) is 3.17. The first-order valence-corrected chi connectivity index (χ1v) is 5.41. The molecule has 0 aliphatic carbocycles. The lowest BCUT2D eigenvalue weighted by Crippen LogP contribution is -1.80. The first-order valence-electron chi connectivity index (χ1n) is 4.59. The maximum absolute atomic E-state index is 4.47. The molecule has 2 nitrogen and oxygen atoms in total. The molecule has 3 rings (SSSR count). The van der Waals surface area contributed by atoms with E-state index in [9.17, 15) is 0 Å². The Morgan fingerprint density at radius 2 is 2.14 bits per heavy atom. The van der Waals surface area contributed by atoms with E-state index in [-0.39, 0.29) is 0 Å². The van der Waals surface area contributed by atoms with Gasteiger partial charge in [-0.05, 0) is 25.5 Å². The van der Waals surface area contributed by atoms with Gasteiger partial charge in [-0.3, -0.25) is 4.40 Å². The molecule has 0 atom stereocenters. The molecule has 0 fully saturated rings. The summed E-state index contributed by atoms with van der Waals surface area (Å²) in [4.78, 5) is 5.56. The first-order chi connectivity index (χ1) is 6.75. The van der Waals surface area contributed by atoms with Crippen LogP contribution in [-0.2, 0) is 0 Å². The van der Waals surface area contributed by atoms with Gasteiger partial charge in [0.05, 0.1) is 15.9 Å². The Bertz CT molecular complexity index is 619. The van der Waals surface area contributed by atoms with Crippen molar-refractivity contribution in [1.82, 2.24) is 9.38 Å². The highest BCUT2D eigenvalue weighted by atomic mass is 32.1. The molecule has 2 heterocycles. The van der Waals surface area contributed by atoms with Gasteiger partial charge >= 0.3 is 0 Å². The molecule has 0 saturated heterocycles. The van der Waals surface area contributed by atoms with Crippen molar-refractivity contribution in [3.63, 3.8) is 0 Å². The van der Waals surface area contributed by atoms with E-state index in [4.69, 9.17) is 0 Å². The minimum absolute atomic E-state index is 1.08. The molecular weight excluding hydrogens is 192 g/mol. The van der Waals surface area contributed by atoms with Crippen molar-refractivity contribution in [2.75, 3.05) is 0 Å². The third-order valence-corrected chi connectivity index (χ3v) is 3.46. The fourth-order valence-electron chi connectivity index (χ4n) is 1.83. The van der Waals surface area contributed by atoms with Crippen LogP contribution < -0.4 is 0 Å². The van der Waals surface area contributed by atoms with Gasteiger partial charge in [0.25, 0.3) is 0 Å². The van der Waals surface area contributed by atoms with E-state index >= 15 is 0 Å². The van der Waals surface area contributed by atoms with Crippen LogP contribution in [-0.4, -0.2) is 9.38 Å². The fourth-order valence-corrected chi connectivity index (χ4v) is 2.96. The summed E-state index contributed by atoms with van der Waals surface area (Å²) in [6.45, 7) is 4.17. The van der Waals surface area contributed by atoms with Crippen LogP contribution in [0.4, 0.5) is 0 Å². The molecule has 0 N–H and O–H groups in total. The highest BCUT2D eigenvalue weighted by Gasteiger charge is 2.07. The third kappa shape index (κ3) is 0.930. The van der Waals surface area contributed by atoms with Crippen LogP contribution in [0.3, 0.4) is 0 Å². The number of fused-ring (bicyclic) bond motifs is 3. The zero-order valence-electron chi connectivity index (χ0n) is 8.11. The van der Waals surface area contributed by atoms with Gasteiger partial charge in [-0.2, -0.15) is 0 Å². The topological polar surface area (TPSA) is 17.3 Å². The van der Waals surface area contributed by atoms with E-state index in [1.807, 2.05) is 6.92 Å². The maximum atomic E-state index is 4.47. The molecule has 0 bridgehead atoms. The molecule has 0 saturated carbocycles. The van der Waals surface area contributed by atoms with Gasteiger partial charge in [0.2, 0.25) is 0 Å². The zero-order chi connectivity index (χ0) is 9.71. The Kier molecular flexibility index (Phi) is 1.47. The molecular formula is C11H10N2S. The standard InChI is InChI=1S/C11H10N2S/c1-7-4-3-5-9-10(7)13-6-8(2)12-11(13)14-9/h3-6H,1-2H3. The monoisotopic (exact) mass is 202 g/mol. The number of rotatable bonds is 0. The molecule has 1 aromatic carbocycles. The Morgan fingerprint density at radius 1 is 1.29 bits per heavy atom. The summed E-state index contributed by atoms with van der Waals surface area (Å²) in [5.74, 6) is 0. The van der Waals surface area contributed by atoms with Crippen LogP contribution in [0.1, 0.15) is 11.3 Å². The molecule has 3 heteroatoms. The first kappa shape index (κ1) is 8.00. The minimum Gasteiger partial charge on any atom is -0.290 e. The van der Waals surface area contributed by atoms with Gasteiger partial charge in [0.1, 0.15) is 0 Å². The van der Waals surface area contributed by atoms with E-state index in [2.05, 4.69) is 40.7 Å². The number of hydrogen-bond acceptors (Lipinski definition) is 2. The number of nitrogens with zero attached hydrogens (tertiary/aromatic N) is 2. The molecule has 70 valence electrons. The van der Waals surface area contributed by atoms with E-state index < -0.39 is 0 Å². The highest BCUT2D eigenvalue weighted by molar-refractivity contribution is 7.23. The number of imidazole rings is 1. The van der Waals surface area contributed by atoms with E-state index in [0.717, 1.165) is 10.7 Å². The van der Waals surface area contributed by atoms with Crippen LogP contribution in [0.15, 0.2) is 24.4 Å². The summed E-state index contributed by atoms with van der Waals surface area (Å²) in [7, 11) is 0. The van der Waals surface area contributed by atoms with Crippen LogP contribution in [0.25, 0.3) is 15.2 Å². The number of thiazole rings is 1. The molecule has 14 heavy (non-hydrogen) atoms. The summed E-state index contributed by atoms with van der Waals surface area (Å²) in [5.41, 5.74) is 3.70. The molecule has 0 aliphatic heterocycles. The second-order valence-corrected chi connectivity index (χ2v) is 4.57. The normalized spacial score (nSPS) is 11.6. The summed E-state index contributed by atoms with van der Waals surface area (Å²) < 4.78 is 3.50. The van der Waals surface area contributed by atoms with Gasteiger partial charge in [-0.25, -0.2) is 4.98 Å². The minimum atomic E-state index is 1.08. The van der Waals surface area contributed by atoms with Crippen LogP contribution in [0.2, 0.25) is 0 Å². The molecule has 0 amide bonds. The molecule has 0 radical (unpaired) electrons. The van der Waals surface area contributed by atoms with Crippen molar-refractivity contribution in [3.05, 3.63) is 35.7 Å². The highest BCUT2D eigenvalue weighted by Crippen LogP contribution is 2.28. The Balaban J connectivity index is 2.61. The Hall–Kier alpha value is -1.35. The predicted molar refractivity (Wildman–Crippen MR) is 60.0 cm³/mol. The second kappa shape index (κ2) is 2.58. The van der Waals surface area contributed by atoms with E-state index in [0.29, 0.717) is 0 Å². The van der Waals surface area contributed by atoms with Crippen molar-refractivity contribution in [3.8, 4) is 0 Å². The fraction of sp³-hybridized carbons (Fsp3) is 0.182. The number of aryl methyl sites for hydroxylation is 2. The lowest BCUT2D eigenvalue weighted by Gasteiger charge is -1.95.